The third-order valence-corrected chi connectivity index (χ3v) is 3.67. The van der Waals surface area contributed by atoms with E-state index >= 15 is 0 Å². The lowest BCUT2D eigenvalue weighted by Crippen LogP contribution is -2.22. The molecule has 0 atom stereocenters. The topological polar surface area (TPSA) is 102 Å². The first kappa shape index (κ1) is 15.0. The third kappa shape index (κ3) is 2.46. The Balaban J connectivity index is 2.80. The molecule has 0 aromatic carbocycles. The van der Waals surface area contributed by atoms with E-state index in [0.29, 0.717) is 11.4 Å². The fourth-order valence-corrected chi connectivity index (χ4v) is 2.36. The van der Waals surface area contributed by atoms with E-state index in [1.165, 1.54) is 0 Å². The van der Waals surface area contributed by atoms with Crippen molar-refractivity contribution >= 4 is 5.84 Å². The first-order valence-electron chi connectivity index (χ1n) is 6.92. The summed E-state index contributed by atoms with van der Waals surface area (Å²) in [6.07, 6.45) is 3.14. The van der Waals surface area contributed by atoms with Gasteiger partial charge < -0.3 is 10.9 Å². The molecule has 0 bridgehead atoms. The van der Waals surface area contributed by atoms with Crippen LogP contribution in [0, 0.1) is 13.8 Å². The smallest absolute Gasteiger partial charge is 0.174 e. The SMILES string of the molecule is CCc1nnc(-n2cnc(C)c2C)c(C(N)=NO)c1CC. The van der Waals surface area contributed by atoms with Crippen LogP contribution in [0.3, 0.4) is 0 Å². The molecule has 0 fully saturated rings. The summed E-state index contributed by atoms with van der Waals surface area (Å²) < 4.78 is 1.81. The minimum Gasteiger partial charge on any atom is -0.409 e. The Morgan fingerprint density at radius 1 is 1.29 bits per heavy atom. The average Bonchev–Trinajstić information content (AvgIpc) is 2.84. The van der Waals surface area contributed by atoms with Crippen LogP contribution in [0.5, 0.6) is 0 Å². The molecule has 2 aromatic rings. The molecule has 0 radical (unpaired) electrons. The van der Waals surface area contributed by atoms with Crippen molar-refractivity contribution in [3.8, 4) is 5.82 Å². The molecule has 3 N–H and O–H groups in total. The minimum atomic E-state index is 0.0391. The standard InChI is InChI=1S/C14H20N6O/c1-5-10-11(6-2)17-18-14(12(10)13(15)19-21)20-7-16-8(3)9(20)4/h7,21H,5-6H2,1-4H3,(H2,15,19). The molecule has 2 rings (SSSR count). The lowest BCUT2D eigenvalue weighted by Gasteiger charge is -2.15. The van der Waals surface area contributed by atoms with E-state index in [9.17, 15) is 0 Å². The highest BCUT2D eigenvalue weighted by Gasteiger charge is 2.20. The zero-order valence-corrected chi connectivity index (χ0v) is 12.8. The zero-order chi connectivity index (χ0) is 15.6. The number of amidine groups is 1. The number of rotatable bonds is 4. The number of nitrogens with two attached hydrogens (primary N) is 1. The first-order valence-corrected chi connectivity index (χ1v) is 6.92. The number of nitrogens with zero attached hydrogens (tertiary/aromatic N) is 5. The molecule has 112 valence electrons. The van der Waals surface area contributed by atoms with Gasteiger partial charge in [-0.15, -0.1) is 5.10 Å². The van der Waals surface area contributed by atoms with Gasteiger partial charge in [-0.1, -0.05) is 19.0 Å². The maximum atomic E-state index is 9.11. The van der Waals surface area contributed by atoms with Crippen LogP contribution in [0.1, 0.15) is 42.1 Å². The maximum absolute atomic E-state index is 9.11. The number of aryl methyl sites for hydroxylation is 2. The van der Waals surface area contributed by atoms with E-state index in [0.717, 1.165) is 35.5 Å². The van der Waals surface area contributed by atoms with Gasteiger partial charge in [-0.25, -0.2) is 4.98 Å². The van der Waals surface area contributed by atoms with E-state index in [1.54, 1.807) is 6.33 Å². The molecular formula is C14H20N6O. The van der Waals surface area contributed by atoms with Crippen LogP contribution in [0.25, 0.3) is 5.82 Å². The molecule has 0 saturated heterocycles. The Bertz CT molecular complexity index is 689. The molecule has 0 aliphatic heterocycles. The Hall–Kier alpha value is -2.44. The van der Waals surface area contributed by atoms with Gasteiger partial charge in [0.05, 0.1) is 17.0 Å². The Kier molecular flexibility index (Phi) is 4.21. The molecule has 2 aromatic heterocycles. The van der Waals surface area contributed by atoms with E-state index < -0.39 is 0 Å². The van der Waals surface area contributed by atoms with Crippen LogP contribution in [0.15, 0.2) is 11.5 Å². The number of oxime groups is 1. The summed E-state index contributed by atoms with van der Waals surface area (Å²) in [7, 11) is 0. The van der Waals surface area contributed by atoms with Gasteiger partial charge in [0.15, 0.2) is 11.7 Å². The molecule has 7 heteroatoms. The molecule has 21 heavy (non-hydrogen) atoms. The summed E-state index contributed by atoms with van der Waals surface area (Å²) in [6.45, 7) is 7.88. The van der Waals surface area contributed by atoms with Crippen LogP contribution in [0.4, 0.5) is 0 Å². The molecule has 0 aliphatic rings. The fourth-order valence-electron chi connectivity index (χ4n) is 2.36. The number of imidazole rings is 1. The summed E-state index contributed by atoms with van der Waals surface area (Å²) in [5.41, 5.74) is 10.2. The molecule has 0 aliphatic carbocycles. The van der Waals surface area contributed by atoms with Crippen molar-refractivity contribution in [3.63, 3.8) is 0 Å². The Morgan fingerprint density at radius 3 is 2.48 bits per heavy atom. The van der Waals surface area contributed by atoms with Crippen LogP contribution in [-0.2, 0) is 12.8 Å². The van der Waals surface area contributed by atoms with Crippen LogP contribution in [-0.4, -0.2) is 30.8 Å². The van der Waals surface area contributed by atoms with Crippen molar-refractivity contribution in [1.82, 2.24) is 19.7 Å². The second-order valence-electron chi connectivity index (χ2n) is 4.80. The van der Waals surface area contributed by atoms with E-state index in [1.807, 2.05) is 32.3 Å². The molecular weight excluding hydrogens is 268 g/mol. The summed E-state index contributed by atoms with van der Waals surface area (Å²) in [5, 5.41) is 20.8. The van der Waals surface area contributed by atoms with E-state index in [2.05, 4.69) is 20.3 Å². The Morgan fingerprint density at radius 2 is 2.00 bits per heavy atom. The van der Waals surface area contributed by atoms with Crippen LogP contribution >= 0.6 is 0 Å². The van der Waals surface area contributed by atoms with Gasteiger partial charge in [0.25, 0.3) is 0 Å². The fraction of sp³-hybridized carbons (Fsp3) is 0.429. The summed E-state index contributed by atoms with van der Waals surface area (Å²) in [5.74, 6) is 0.578. The normalized spacial score (nSPS) is 11.9. The van der Waals surface area contributed by atoms with Gasteiger partial charge in [-0.05, 0) is 32.3 Å². The van der Waals surface area contributed by atoms with Gasteiger partial charge >= 0.3 is 0 Å². The van der Waals surface area contributed by atoms with Crippen molar-refractivity contribution < 1.29 is 5.21 Å². The zero-order valence-electron chi connectivity index (χ0n) is 12.8. The van der Waals surface area contributed by atoms with E-state index in [4.69, 9.17) is 10.9 Å². The van der Waals surface area contributed by atoms with Gasteiger partial charge in [-0.2, -0.15) is 5.10 Å². The highest BCUT2D eigenvalue weighted by molar-refractivity contribution is 6.01. The van der Waals surface area contributed by atoms with Gasteiger partial charge in [0.2, 0.25) is 0 Å². The number of aromatic nitrogens is 4. The number of hydrogen-bond acceptors (Lipinski definition) is 5. The molecule has 2 heterocycles. The van der Waals surface area contributed by atoms with Crippen molar-refractivity contribution in [3.05, 3.63) is 34.5 Å². The monoisotopic (exact) mass is 288 g/mol. The van der Waals surface area contributed by atoms with Crippen LogP contribution < -0.4 is 5.73 Å². The third-order valence-electron chi connectivity index (χ3n) is 3.67. The molecule has 0 saturated carbocycles. The second kappa shape index (κ2) is 5.90. The highest BCUT2D eigenvalue weighted by atomic mass is 16.4. The van der Waals surface area contributed by atoms with Crippen molar-refractivity contribution in [2.75, 3.05) is 0 Å². The molecule has 7 nitrogen and oxygen atoms in total. The lowest BCUT2D eigenvalue weighted by molar-refractivity contribution is 0.318. The van der Waals surface area contributed by atoms with Gasteiger partial charge in [0.1, 0.15) is 6.33 Å². The van der Waals surface area contributed by atoms with Crippen molar-refractivity contribution in [2.24, 2.45) is 10.9 Å². The number of hydrogen-bond donors (Lipinski definition) is 2. The second-order valence-corrected chi connectivity index (χ2v) is 4.80. The molecule has 0 amide bonds. The lowest BCUT2D eigenvalue weighted by atomic mass is 10.0. The minimum absolute atomic E-state index is 0.0391. The van der Waals surface area contributed by atoms with Crippen molar-refractivity contribution in [1.29, 1.82) is 0 Å². The van der Waals surface area contributed by atoms with Gasteiger partial charge in [-0.3, -0.25) is 4.57 Å². The molecule has 0 spiro atoms. The predicted molar refractivity (Wildman–Crippen MR) is 79.9 cm³/mol. The predicted octanol–water partition coefficient (Wildman–Crippen LogP) is 1.50. The van der Waals surface area contributed by atoms with Gasteiger partial charge in [0, 0.05) is 5.69 Å². The first-order chi connectivity index (χ1) is 10.0. The van der Waals surface area contributed by atoms with Crippen molar-refractivity contribution in [2.45, 2.75) is 40.5 Å². The Labute approximate surface area is 123 Å². The summed E-state index contributed by atoms with van der Waals surface area (Å²) in [4.78, 5) is 4.27. The largest absolute Gasteiger partial charge is 0.409 e. The quantitative estimate of drug-likeness (QED) is 0.384. The molecule has 0 unspecified atom stereocenters. The summed E-state index contributed by atoms with van der Waals surface area (Å²) >= 11 is 0. The summed E-state index contributed by atoms with van der Waals surface area (Å²) in [6, 6.07) is 0. The maximum Gasteiger partial charge on any atom is 0.174 e. The highest BCUT2D eigenvalue weighted by Crippen LogP contribution is 2.22. The average molecular weight is 288 g/mol. The van der Waals surface area contributed by atoms with E-state index in [-0.39, 0.29) is 5.84 Å². The van der Waals surface area contributed by atoms with Crippen LogP contribution in [0.2, 0.25) is 0 Å².